The number of hydrogen-bond donors (Lipinski definition) is 0. The summed E-state index contributed by atoms with van der Waals surface area (Å²) in [6.07, 6.45) is 1.38. The van der Waals surface area contributed by atoms with Crippen LogP contribution in [-0.2, 0) is 12.8 Å². The Morgan fingerprint density at radius 3 is 2.23 bits per heavy atom. The van der Waals surface area contributed by atoms with E-state index in [2.05, 4.69) is 0 Å². The Labute approximate surface area is 76.6 Å². The van der Waals surface area contributed by atoms with E-state index < -0.39 is 0 Å². The fraction of sp³-hybridized carbons (Fsp3) is 0.455. The average molecular weight is 182 g/mol. The number of halogens is 2. The summed E-state index contributed by atoms with van der Waals surface area (Å²) < 4.78 is 26.8. The minimum atomic E-state index is -0.230. The summed E-state index contributed by atoms with van der Waals surface area (Å²) >= 11 is 0. The second-order valence-corrected chi connectivity index (χ2v) is 3.87. The van der Waals surface area contributed by atoms with E-state index in [0.29, 0.717) is 29.5 Å². The van der Waals surface area contributed by atoms with Crippen LogP contribution >= 0.6 is 0 Å². The molecule has 1 aliphatic carbocycles. The Morgan fingerprint density at radius 2 is 1.77 bits per heavy atom. The van der Waals surface area contributed by atoms with Crippen molar-refractivity contribution in [1.82, 2.24) is 0 Å². The van der Waals surface area contributed by atoms with Crippen molar-refractivity contribution in [2.75, 3.05) is 0 Å². The highest BCUT2D eigenvalue weighted by atomic mass is 19.1. The van der Waals surface area contributed by atoms with Gasteiger partial charge >= 0.3 is 0 Å². The largest absolute Gasteiger partial charge is 0.207 e. The van der Waals surface area contributed by atoms with E-state index in [-0.39, 0.29) is 17.6 Å². The molecule has 1 aliphatic rings. The molecule has 0 unspecified atom stereocenters. The maximum absolute atomic E-state index is 13.6. The van der Waals surface area contributed by atoms with Gasteiger partial charge in [0.2, 0.25) is 0 Å². The zero-order valence-electron chi connectivity index (χ0n) is 7.82. The molecule has 0 radical (unpaired) electrons. The Kier molecular flexibility index (Phi) is 1.86. The first-order valence-corrected chi connectivity index (χ1v) is 4.61. The Balaban J connectivity index is 2.60. The van der Waals surface area contributed by atoms with Crippen molar-refractivity contribution in [1.29, 1.82) is 0 Å². The summed E-state index contributed by atoms with van der Waals surface area (Å²) in [4.78, 5) is 0. The van der Waals surface area contributed by atoms with Crippen molar-refractivity contribution in [2.24, 2.45) is 0 Å². The molecule has 13 heavy (non-hydrogen) atoms. The standard InChI is InChI=1S/C11H12F2/c1-6(2)9-5-10(12)7-3-4-8(7)11(9)13/h5-6H,3-4H2,1-2H3. The molecule has 0 bridgehead atoms. The van der Waals surface area contributed by atoms with Crippen LogP contribution in [0.1, 0.15) is 36.5 Å². The third-order valence-corrected chi connectivity index (χ3v) is 2.70. The zero-order chi connectivity index (χ0) is 9.59. The fourth-order valence-corrected chi connectivity index (χ4v) is 1.76. The molecule has 0 fully saturated rings. The van der Waals surface area contributed by atoms with Crippen LogP contribution in [0.15, 0.2) is 6.07 Å². The van der Waals surface area contributed by atoms with Crippen LogP contribution in [0.2, 0.25) is 0 Å². The van der Waals surface area contributed by atoms with Gasteiger partial charge in [-0.1, -0.05) is 13.8 Å². The summed E-state index contributed by atoms with van der Waals surface area (Å²) in [6, 6.07) is 1.35. The predicted molar refractivity (Wildman–Crippen MR) is 47.9 cm³/mol. The molecule has 0 spiro atoms. The van der Waals surface area contributed by atoms with Gasteiger partial charge in [-0.25, -0.2) is 8.78 Å². The third-order valence-electron chi connectivity index (χ3n) is 2.70. The van der Waals surface area contributed by atoms with E-state index >= 15 is 0 Å². The summed E-state index contributed by atoms with van der Waals surface area (Å²) in [5, 5.41) is 0. The predicted octanol–water partition coefficient (Wildman–Crippen LogP) is 3.19. The van der Waals surface area contributed by atoms with Gasteiger partial charge in [0.1, 0.15) is 11.6 Å². The highest BCUT2D eigenvalue weighted by Gasteiger charge is 2.25. The number of benzene rings is 1. The van der Waals surface area contributed by atoms with E-state index in [0.717, 1.165) is 0 Å². The van der Waals surface area contributed by atoms with Gasteiger partial charge in [-0.2, -0.15) is 0 Å². The molecule has 70 valence electrons. The molecular formula is C11H12F2. The molecular weight excluding hydrogens is 170 g/mol. The highest BCUT2D eigenvalue weighted by Crippen LogP contribution is 2.33. The van der Waals surface area contributed by atoms with Gasteiger partial charge in [0.25, 0.3) is 0 Å². The number of hydrogen-bond acceptors (Lipinski definition) is 0. The number of fused-ring (bicyclic) bond motifs is 1. The van der Waals surface area contributed by atoms with Crippen molar-refractivity contribution >= 4 is 0 Å². The minimum Gasteiger partial charge on any atom is -0.207 e. The molecule has 1 aromatic carbocycles. The minimum absolute atomic E-state index is 0.0559. The van der Waals surface area contributed by atoms with Crippen molar-refractivity contribution in [2.45, 2.75) is 32.6 Å². The van der Waals surface area contributed by atoms with Gasteiger partial charge in [0.15, 0.2) is 0 Å². The second kappa shape index (κ2) is 2.79. The van der Waals surface area contributed by atoms with Crippen LogP contribution in [0.25, 0.3) is 0 Å². The van der Waals surface area contributed by atoms with Crippen LogP contribution < -0.4 is 0 Å². The summed E-state index contributed by atoms with van der Waals surface area (Å²) in [7, 11) is 0. The fourth-order valence-electron chi connectivity index (χ4n) is 1.76. The molecule has 0 aromatic heterocycles. The van der Waals surface area contributed by atoms with E-state index in [1.165, 1.54) is 6.07 Å². The molecule has 2 heteroatoms. The molecule has 0 N–H and O–H groups in total. The summed E-state index contributed by atoms with van der Waals surface area (Å²) in [5.74, 6) is -0.357. The van der Waals surface area contributed by atoms with Crippen molar-refractivity contribution in [3.05, 3.63) is 34.4 Å². The van der Waals surface area contributed by atoms with E-state index in [4.69, 9.17) is 0 Å². The summed E-state index contributed by atoms with van der Waals surface area (Å²) in [5.41, 5.74) is 1.70. The third kappa shape index (κ3) is 1.16. The SMILES string of the molecule is CC(C)c1cc(F)c2c(c1F)CC2. The van der Waals surface area contributed by atoms with Gasteiger partial charge in [0, 0.05) is 0 Å². The molecule has 0 saturated heterocycles. The van der Waals surface area contributed by atoms with Crippen molar-refractivity contribution in [3.8, 4) is 0 Å². The Hall–Kier alpha value is -0.920. The van der Waals surface area contributed by atoms with E-state index in [1.807, 2.05) is 13.8 Å². The Morgan fingerprint density at radius 1 is 1.15 bits per heavy atom. The van der Waals surface area contributed by atoms with Crippen LogP contribution in [0.3, 0.4) is 0 Å². The van der Waals surface area contributed by atoms with Gasteiger partial charge in [0.05, 0.1) is 0 Å². The molecule has 0 saturated carbocycles. The van der Waals surface area contributed by atoms with Crippen molar-refractivity contribution < 1.29 is 8.78 Å². The van der Waals surface area contributed by atoms with Crippen LogP contribution in [0, 0.1) is 11.6 Å². The molecule has 0 heterocycles. The normalized spacial score (nSPS) is 14.2. The lowest BCUT2D eigenvalue weighted by molar-refractivity contribution is 0.525. The molecule has 0 amide bonds. The van der Waals surface area contributed by atoms with E-state index in [9.17, 15) is 8.78 Å². The molecule has 1 aromatic rings. The lowest BCUT2D eigenvalue weighted by Crippen LogP contribution is -2.16. The lowest BCUT2D eigenvalue weighted by Gasteiger charge is -2.23. The van der Waals surface area contributed by atoms with Crippen LogP contribution in [0.5, 0.6) is 0 Å². The highest BCUT2D eigenvalue weighted by molar-refractivity contribution is 5.42. The molecule has 0 nitrogen and oxygen atoms in total. The summed E-state index contributed by atoms with van der Waals surface area (Å²) in [6.45, 7) is 3.76. The van der Waals surface area contributed by atoms with Crippen molar-refractivity contribution in [3.63, 3.8) is 0 Å². The maximum Gasteiger partial charge on any atom is 0.130 e. The monoisotopic (exact) mass is 182 g/mol. The van der Waals surface area contributed by atoms with E-state index in [1.54, 1.807) is 0 Å². The van der Waals surface area contributed by atoms with Gasteiger partial charge in [-0.15, -0.1) is 0 Å². The smallest absolute Gasteiger partial charge is 0.130 e. The van der Waals surface area contributed by atoms with Crippen LogP contribution in [0.4, 0.5) is 8.78 Å². The zero-order valence-corrected chi connectivity index (χ0v) is 7.82. The topological polar surface area (TPSA) is 0 Å². The lowest BCUT2D eigenvalue weighted by atomic mass is 9.84. The van der Waals surface area contributed by atoms with Gasteiger partial charge < -0.3 is 0 Å². The maximum atomic E-state index is 13.6. The van der Waals surface area contributed by atoms with Gasteiger partial charge in [-0.3, -0.25) is 0 Å². The molecule has 0 atom stereocenters. The first-order chi connectivity index (χ1) is 6.11. The molecule has 0 aliphatic heterocycles. The first kappa shape index (κ1) is 8.67. The molecule has 2 rings (SSSR count). The van der Waals surface area contributed by atoms with Crippen LogP contribution in [-0.4, -0.2) is 0 Å². The average Bonchev–Trinajstić information content (AvgIpc) is 1.94. The quantitative estimate of drug-likeness (QED) is 0.625. The number of rotatable bonds is 1. The Bertz CT molecular complexity index is 354. The van der Waals surface area contributed by atoms with Gasteiger partial charge in [-0.05, 0) is 41.5 Å². The first-order valence-electron chi connectivity index (χ1n) is 4.61. The second-order valence-electron chi connectivity index (χ2n) is 3.87.